The quantitative estimate of drug-likeness (QED) is 0.622. The molecule has 0 aromatic heterocycles. The fourth-order valence-corrected chi connectivity index (χ4v) is 2.34. The molecule has 0 spiro atoms. The molecule has 0 radical (unpaired) electrons. The summed E-state index contributed by atoms with van der Waals surface area (Å²) in [7, 11) is 0. The van der Waals surface area contributed by atoms with Gasteiger partial charge in [-0.05, 0) is 58.9 Å². The van der Waals surface area contributed by atoms with E-state index in [0.29, 0.717) is 10.6 Å². The first kappa shape index (κ1) is 14.1. The molecule has 2 aromatic rings. The van der Waals surface area contributed by atoms with Crippen LogP contribution < -0.4 is 0 Å². The van der Waals surface area contributed by atoms with Gasteiger partial charge in [-0.15, -0.1) is 0 Å². The van der Waals surface area contributed by atoms with Crippen molar-refractivity contribution < 1.29 is 4.39 Å². The second-order valence-corrected chi connectivity index (χ2v) is 6.35. The number of aryl methyl sites for hydroxylation is 1. The van der Waals surface area contributed by atoms with Gasteiger partial charge in [0.2, 0.25) is 0 Å². The van der Waals surface area contributed by atoms with Crippen LogP contribution in [0.25, 0.3) is 11.1 Å². The van der Waals surface area contributed by atoms with Crippen molar-refractivity contribution in [2.24, 2.45) is 0 Å². The van der Waals surface area contributed by atoms with Gasteiger partial charge in [0.05, 0.1) is 0 Å². The van der Waals surface area contributed by atoms with E-state index in [1.807, 2.05) is 57.2 Å². The molecule has 0 fully saturated rings. The van der Waals surface area contributed by atoms with Crippen LogP contribution in [0.15, 0.2) is 36.4 Å². The molecule has 0 amide bonds. The van der Waals surface area contributed by atoms with Crippen molar-refractivity contribution in [1.82, 2.24) is 0 Å². The highest BCUT2D eigenvalue weighted by Gasteiger charge is 2.20. The van der Waals surface area contributed by atoms with Crippen LogP contribution in [0.4, 0.5) is 4.39 Å². The lowest BCUT2D eigenvalue weighted by molar-refractivity contribution is 0.519. The van der Waals surface area contributed by atoms with Gasteiger partial charge in [-0.25, -0.2) is 4.39 Å². The Morgan fingerprint density at radius 3 is 2.26 bits per heavy atom. The van der Waals surface area contributed by atoms with Crippen LogP contribution >= 0.6 is 11.6 Å². The van der Waals surface area contributed by atoms with E-state index in [2.05, 4.69) is 0 Å². The molecule has 0 aliphatic heterocycles. The van der Waals surface area contributed by atoms with Gasteiger partial charge in [-0.1, -0.05) is 44.5 Å². The second kappa shape index (κ2) is 4.97. The smallest absolute Gasteiger partial charge is 0.129 e. The number of hydrogen-bond donors (Lipinski definition) is 0. The Morgan fingerprint density at radius 2 is 1.68 bits per heavy atom. The molecule has 100 valence electrons. The maximum absolute atomic E-state index is 14.2. The van der Waals surface area contributed by atoms with Crippen molar-refractivity contribution in [3.8, 4) is 11.1 Å². The van der Waals surface area contributed by atoms with Crippen molar-refractivity contribution >= 4 is 11.6 Å². The Bertz CT molecular complexity index is 609. The molecule has 0 nitrogen and oxygen atoms in total. The minimum Gasteiger partial charge on any atom is -0.206 e. The number of rotatable bonds is 1. The van der Waals surface area contributed by atoms with E-state index in [4.69, 9.17) is 11.6 Å². The van der Waals surface area contributed by atoms with Gasteiger partial charge >= 0.3 is 0 Å². The van der Waals surface area contributed by atoms with Crippen LogP contribution in [0.5, 0.6) is 0 Å². The number of halogens is 2. The van der Waals surface area contributed by atoms with Crippen molar-refractivity contribution in [2.45, 2.75) is 33.1 Å². The molecule has 0 unspecified atom stereocenters. The first-order valence-corrected chi connectivity index (χ1v) is 6.73. The molecule has 0 bridgehead atoms. The molecule has 2 aromatic carbocycles. The van der Waals surface area contributed by atoms with E-state index in [1.165, 1.54) is 0 Å². The summed E-state index contributed by atoms with van der Waals surface area (Å²) < 4.78 is 14.2. The lowest BCUT2D eigenvalue weighted by Crippen LogP contribution is -2.14. The molecule has 0 atom stereocenters. The summed E-state index contributed by atoms with van der Waals surface area (Å²) >= 11 is 6.02. The first-order valence-electron chi connectivity index (χ1n) is 6.35. The minimum absolute atomic E-state index is 0.113. The van der Waals surface area contributed by atoms with Crippen LogP contribution in [0, 0.1) is 12.7 Å². The fourth-order valence-electron chi connectivity index (χ4n) is 2.15. The molecule has 0 aliphatic carbocycles. The Morgan fingerprint density at radius 1 is 1.00 bits per heavy atom. The summed E-state index contributed by atoms with van der Waals surface area (Å²) in [5.74, 6) is -0.113. The molecule has 0 aliphatic rings. The number of hydrogen-bond acceptors (Lipinski definition) is 0. The fraction of sp³-hybridized carbons (Fsp3) is 0.294. The Labute approximate surface area is 119 Å². The summed E-state index contributed by atoms with van der Waals surface area (Å²) in [4.78, 5) is 0. The van der Waals surface area contributed by atoms with E-state index >= 15 is 0 Å². The van der Waals surface area contributed by atoms with E-state index in [0.717, 1.165) is 16.7 Å². The maximum atomic E-state index is 14.2. The average molecular weight is 277 g/mol. The molecule has 0 N–H and O–H groups in total. The van der Waals surface area contributed by atoms with Crippen LogP contribution in [-0.4, -0.2) is 0 Å². The largest absolute Gasteiger partial charge is 0.206 e. The van der Waals surface area contributed by atoms with Crippen molar-refractivity contribution in [2.75, 3.05) is 0 Å². The van der Waals surface area contributed by atoms with Gasteiger partial charge in [0.15, 0.2) is 0 Å². The van der Waals surface area contributed by atoms with E-state index in [-0.39, 0.29) is 11.2 Å². The SMILES string of the molecule is Cc1cc(-c2cccc(Cl)c2)cc(C(C)(C)C)c1F. The van der Waals surface area contributed by atoms with Crippen LogP contribution in [-0.2, 0) is 5.41 Å². The highest BCUT2D eigenvalue weighted by molar-refractivity contribution is 6.30. The molecule has 0 heterocycles. The van der Waals surface area contributed by atoms with Gasteiger partial charge < -0.3 is 0 Å². The predicted octanol–water partition coefficient (Wildman–Crippen LogP) is 5.75. The molecule has 0 saturated heterocycles. The van der Waals surface area contributed by atoms with E-state index in [1.54, 1.807) is 6.92 Å². The monoisotopic (exact) mass is 276 g/mol. The predicted molar refractivity (Wildman–Crippen MR) is 80.3 cm³/mol. The van der Waals surface area contributed by atoms with E-state index in [9.17, 15) is 4.39 Å². The maximum Gasteiger partial charge on any atom is 0.129 e. The average Bonchev–Trinajstić information content (AvgIpc) is 2.31. The lowest BCUT2D eigenvalue weighted by Gasteiger charge is -2.22. The zero-order valence-electron chi connectivity index (χ0n) is 11.7. The van der Waals surface area contributed by atoms with Crippen molar-refractivity contribution in [3.05, 3.63) is 58.4 Å². The van der Waals surface area contributed by atoms with Gasteiger partial charge in [0.1, 0.15) is 5.82 Å². The molecular formula is C17H18ClF. The zero-order chi connectivity index (χ0) is 14.2. The standard InChI is InChI=1S/C17H18ClF/c1-11-8-13(12-6-5-7-14(18)9-12)10-15(16(11)19)17(2,3)4/h5-10H,1-4H3. The third kappa shape index (κ3) is 2.98. The summed E-state index contributed by atoms with van der Waals surface area (Å²) in [5, 5.41) is 0.691. The third-order valence-electron chi connectivity index (χ3n) is 3.22. The Balaban J connectivity index is 2.63. The normalized spacial score (nSPS) is 11.7. The summed E-state index contributed by atoms with van der Waals surface area (Å²) in [6.07, 6.45) is 0. The summed E-state index contributed by atoms with van der Waals surface area (Å²) in [6.45, 7) is 7.87. The lowest BCUT2D eigenvalue weighted by atomic mass is 9.83. The first-order chi connectivity index (χ1) is 8.79. The molecule has 19 heavy (non-hydrogen) atoms. The topological polar surface area (TPSA) is 0 Å². The molecular weight excluding hydrogens is 259 g/mol. The van der Waals surface area contributed by atoms with Crippen LogP contribution in [0.2, 0.25) is 5.02 Å². The summed E-state index contributed by atoms with van der Waals surface area (Å²) in [5.41, 5.74) is 3.21. The number of benzene rings is 2. The molecule has 2 rings (SSSR count). The Hall–Kier alpha value is -1.34. The van der Waals surface area contributed by atoms with Gasteiger partial charge in [0.25, 0.3) is 0 Å². The highest BCUT2D eigenvalue weighted by atomic mass is 35.5. The summed E-state index contributed by atoms with van der Waals surface area (Å²) in [6, 6.07) is 11.4. The zero-order valence-corrected chi connectivity index (χ0v) is 12.5. The molecule has 2 heteroatoms. The van der Waals surface area contributed by atoms with Gasteiger partial charge in [0, 0.05) is 5.02 Å². The highest BCUT2D eigenvalue weighted by Crippen LogP contribution is 2.32. The third-order valence-corrected chi connectivity index (χ3v) is 3.46. The van der Waals surface area contributed by atoms with Gasteiger partial charge in [-0.3, -0.25) is 0 Å². The van der Waals surface area contributed by atoms with Gasteiger partial charge in [-0.2, -0.15) is 0 Å². The van der Waals surface area contributed by atoms with Crippen molar-refractivity contribution in [1.29, 1.82) is 0 Å². The van der Waals surface area contributed by atoms with Crippen LogP contribution in [0.3, 0.4) is 0 Å². The molecule has 0 saturated carbocycles. The Kier molecular flexibility index (Phi) is 3.69. The van der Waals surface area contributed by atoms with Crippen LogP contribution in [0.1, 0.15) is 31.9 Å². The van der Waals surface area contributed by atoms with Crippen molar-refractivity contribution in [3.63, 3.8) is 0 Å². The van der Waals surface area contributed by atoms with E-state index < -0.39 is 0 Å². The second-order valence-electron chi connectivity index (χ2n) is 5.92. The minimum atomic E-state index is -0.219.